The second kappa shape index (κ2) is 6.51. The highest BCUT2D eigenvalue weighted by atomic mass is 79.9. The van der Waals surface area contributed by atoms with Crippen LogP contribution < -0.4 is 0 Å². The van der Waals surface area contributed by atoms with Gasteiger partial charge in [0.25, 0.3) is 0 Å². The van der Waals surface area contributed by atoms with Gasteiger partial charge in [0.2, 0.25) is 0 Å². The third kappa shape index (κ3) is 5.01. The van der Waals surface area contributed by atoms with Crippen LogP contribution in [-0.4, -0.2) is 14.9 Å². The molecule has 1 rings (SSSR count). The van der Waals surface area contributed by atoms with Crippen LogP contribution in [0.5, 0.6) is 0 Å². The van der Waals surface area contributed by atoms with Gasteiger partial charge in [-0.25, -0.2) is 4.39 Å². The van der Waals surface area contributed by atoms with Gasteiger partial charge in [-0.15, -0.1) is 0 Å². The Bertz CT molecular complexity index is 398. The Hall–Kier alpha value is -0.193. The molecular formula is C15H24BrFOSi. The van der Waals surface area contributed by atoms with Crippen molar-refractivity contribution in [2.75, 3.05) is 6.61 Å². The molecular weight excluding hydrogens is 323 g/mol. The average Bonchev–Trinajstić information content (AvgIpc) is 2.28. The molecule has 1 aromatic rings. The second-order valence-corrected chi connectivity index (χ2v) is 12.3. The van der Waals surface area contributed by atoms with Crippen LogP contribution in [0.15, 0.2) is 24.3 Å². The van der Waals surface area contributed by atoms with Gasteiger partial charge in [-0.1, -0.05) is 48.8 Å². The lowest BCUT2D eigenvalue weighted by atomic mass is 10.1. The number of rotatable bonds is 5. The summed E-state index contributed by atoms with van der Waals surface area (Å²) in [5.74, 6) is -0.194. The van der Waals surface area contributed by atoms with Crippen LogP contribution in [0.2, 0.25) is 18.1 Å². The minimum Gasteiger partial charge on any atom is -0.417 e. The zero-order valence-corrected chi connectivity index (χ0v) is 15.1. The molecule has 0 amide bonds. The SMILES string of the molecule is CC(C)(C)[Si](C)(C)OCCC(Br)c1ccc(F)cc1. The van der Waals surface area contributed by atoms with E-state index in [0.29, 0.717) is 0 Å². The summed E-state index contributed by atoms with van der Waals surface area (Å²) in [6.07, 6.45) is 0.901. The van der Waals surface area contributed by atoms with Gasteiger partial charge < -0.3 is 4.43 Å². The molecule has 0 fully saturated rings. The molecule has 4 heteroatoms. The summed E-state index contributed by atoms with van der Waals surface area (Å²) in [5.41, 5.74) is 1.10. The molecule has 0 aromatic heterocycles. The van der Waals surface area contributed by atoms with Crippen molar-refractivity contribution in [3.63, 3.8) is 0 Å². The predicted molar refractivity (Wildman–Crippen MR) is 85.8 cm³/mol. The molecule has 0 radical (unpaired) electrons. The Morgan fingerprint density at radius 1 is 1.21 bits per heavy atom. The Morgan fingerprint density at radius 3 is 2.21 bits per heavy atom. The van der Waals surface area contributed by atoms with Gasteiger partial charge in [0.15, 0.2) is 8.32 Å². The number of alkyl halides is 1. The Kier molecular flexibility index (Phi) is 5.77. The van der Waals surface area contributed by atoms with Crippen LogP contribution in [0, 0.1) is 5.82 Å². The fourth-order valence-corrected chi connectivity index (χ4v) is 3.03. The van der Waals surface area contributed by atoms with Crippen LogP contribution in [-0.2, 0) is 4.43 Å². The molecule has 19 heavy (non-hydrogen) atoms. The molecule has 108 valence electrons. The van der Waals surface area contributed by atoms with Crippen LogP contribution in [0.25, 0.3) is 0 Å². The summed E-state index contributed by atoms with van der Waals surface area (Å²) in [6.45, 7) is 12.0. The third-order valence-corrected chi connectivity index (χ3v) is 9.40. The second-order valence-electron chi connectivity index (χ2n) is 6.42. The molecule has 0 heterocycles. The lowest BCUT2D eigenvalue weighted by Gasteiger charge is -2.36. The van der Waals surface area contributed by atoms with Crippen molar-refractivity contribution < 1.29 is 8.82 Å². The first kappa shape index (κ1) is 16.9. The van der Waals surface area contributed by atoms with Crippen LogP contribution in [0.3, 0.4) is 0 Å². The minimum atomic E-state index is -1.66. The van der Waals surface area contributed by atoms with Crippen LogP contribution in [0.4, 0.5) is 4.39 Å². The van der Waals surface area contributed by atoms with E-state index in [1.54, 1.807) is 0 Å². The summed E-state index contributed by atoms with van der Waals surface area (Å²) in [7, 11) is -1.66. The van der Waals surface area contributed by atoms with Crippen molar-refractivity contribution in [2.24, 2.45) is 0 Å². The van der Waals surface area contributed by atoms with E-state index in [-0.39, 0.29) is 15.7 Å². The topological polar surface area (TPSA) is 9.23 Å². The predicted octanol–water partition coefficient (Wildman–Crippen LogP) is 5.67. The molecule has 0 saturated carbocycles. The Morgan fingerprint density at radius 2 is 1.74 bits per heavy atom. The third-order valence-electron chi connectivity index (χ3n) is 3.87. The first-order valence-electron chi connectivity index (χ1n) is 6.67. The quantitative estimate of drug-likeness (QED) is 0.492. The van der Waals surface area contributed by atoms with Crippen molar-refractivity contribution in [3.05, 3.63) is 35.6 Å². The number of hydrogen-bond acceptors (Lipinski definition) is 1. The average molecular weight is 347 g/mol. The lowest BCUT2D eigenvalue weighted by molar-refractivity contribution is 0.282. The van der Waals surface area contributed by atoms with E-state index >= 15 is 0 Å². The van der Waals surface area contributed by atoms with Crippen LogP contribution in [0.1, 0.15) is 37.6 Å². The molecule has 0 saturated heterocycles. The molecule has 1 unspecified atom stereocenters. The summed E-state index contributed by atoms with van der Waals surface area (Å²) in [6, 6.07) is 6.64. The number of benzene rings is 1. The smallest absolute Gasteiger partial charge is 0.191 e. The molecule has 1 nitrogen and oxygen atoms in total. The van der Waals surface area contributed by atoms with Gasteiger partial charge in [-0.2, -0.15) is 0 Å². The first-order chi connectivity index (χ1) is 8.63. The van der Waals surface area contributed by atoms with E-state index in [9.17, 15) is 4.39 Å². The highest BCUT2D eigenvalue weighted by Gasteiger charge is 2.36. The summed E-state index contributed by atoms with van der Waals surface area (Å²) >= 11 is 3.64. The van der Waals surface area contributed by atoms with E-state index in [0.717, 1.165) is 18.6 Å². The van der Waals surface area contributed by atoms with Crippen molar-refractivity contribution >= 4 is 24.2 Å². The summed E-state index contributed by atoms with van der Waals surface area (Å²) in [4.78, 5) is 0.220. The first-order valence-corrected chi connectivity index (χ1v) is 10.5. The minimum absolute atomic E-state index is 0.194. The largest absolute Gasteiger partial charge is 0.417 e. The normalized spacial score (nSPS) is 14.5. The lowest BCUT2D eigenvalue weighted by Crippen LogP contribution is -2.41. The van der Waals surface area contributed by atoms with Gasteiger partial charge in [0.1, 0.15) is 5.82 Å². The molecule has 0 N–H and O–H groups in total. The maximum absolute atomic E-state index is 12.9. The summed E-state index contributed by atoms with van der Waals surface area (Å²) < 4.78 is 19.0. The number of hydrogen-bond donors (Lipinski definition) is 0. The van der Waals surface area contributed by atoms with E-state index in [2.05, 4.69) is 49.8 Å². The fraction of sp³-hybridized carbons (Fsp3) is 0.600. The Balaban J connectivity index is 2.47. The summed E-state index contributed by atoms with van der Waals surface area (Å²) in [5, 5.41) is 0.241. The highest BCUT2D eigenvalue weighted by molar-refractivity contribution is 9.09. The number of halogens is 2. The maximum atomic E-state index is 12.9. The zero-order chi connectivity index (χ0) is 14.7. The molecule has 0 spiro atoms. The van der Waals surface area contributed by atoms with Gasteiger partial charge >= 0.3 is 0 Å². The van der Waals surface area contributed by atoms with E-state index in [1.165, 1.54) is 12.1 Å². The monoisotopic (exact) mass is 346 g/mol. The van der Waals surface area contributed by atoms with Crippen molar-refractivity contribution in [1.82, 2.24) is 0 Å². The zero-order valence-electron chi connectivity index (χ0n) is 12.5. The van der Waals surface area contributed by atoms with Gasteiger partial charge in [0, 0.05) is 11.4 Å². The standard InChI is InChI=1S/C15H24BrFOSi/c1-15(2,3)19(4,5)18-11-10-14(16)12-6-8-13(17)9-7-12/h6-9,14H,10-11H2,1-5H3. The van der Waals surface area contributed by atoms with Crippen molar-refractivity contribution in [2.45, 2.75) is 50.2 Å². The maximum Gasteiger partial charge on any atom is 0.191 e. The van der Waals surface area contributed by atoms with Crippen molar-refractivity contribution in [3.8, 4) is 0 Å². The molecule has 1 atom stereocenters. The molecule has 0 aliphatic rings. The van der Waals surface area contributed by atoms with Crippen LogP contribution >= 0.6 is 15.9 Å². The molecule has 0 aliphatic carbocycles. The van der Waals surface area contributed by atoms with Gasteiger partial charge in [0.05, 0.1) is 0 Å². The fourth-order valence-electron chi connectivity index (χ4n) is 1.47. The van der Waals surface area contributed by atoms with Gasteiger partial charge in [-0.3, -0.25) is 0 Å². The van der Waals surface area contributed by atoms with E-state index < -0.39 is 8.32 Å². The van der Waals surface area contributed by atoms with E-state index in [4.69, 9.17) is 4.43 Å². The van der Waals surface area contributed by atoms with Gasteiger partial charge in [-0.05, 0) is 42.2 Å². The highest BCUT2D eigenvalue weighted by Crippen LogP contribution is 2.37. The van der Waals surface area contributed by atoms with Crippen molar-refractivity contribution in [1.29, 1.82) is 0 Å². The van der Waals surface area contributed by atoms with E-state index in [1.807, 2.05) is 12.1 Å². The molecule has 0 bridgehead atoms. The molecule has 0 aliphatic heterocycles. The Labute approximate surface area is 125 Å². The molecule has 1 aromatic carbocycles.